The fraction of sp³-hybridized carbons (Fsp3) is 0.438. The maximum atomic E-state index is 10.4. The van der Waals surface area contributed by atoms with Gasteiger partial charge in [0.05, 0.1) is 17.8 Å². The van der Waals surface area contributed by atoms with E-state index in [0.717, 1.165) is 14.8 Å². The molecule has 112 valence electrons. The Balaban J connectivity index is 1.72. The van der Waals surface area contributed by atoms with Crippen LogP contribution in [0.5, 0.6) is 0 Å². The third-order valence-electron chi connectivity index (χ3n) is 4.08. The molecule has 2 aromatic rings. The lowest BCUT2D eigenvalue weighted by molar-refractivity contribution is 0.176. The smallest absolute Gasteiger partial charge is 0.0856 e. The maximum Gasteiger partial charge on any atom is 0.0856 e. The molecule has 1 heterocycles. The average molecular weight is 417 g/mol. The monoisotopic (exact) mass is 416 g/mol. The molecule has 0 spiro atoms. The summed E-state index contributed by atoms with van der Waals surface area (Å²) in [5, 5.41) is 15.7. The highest BCUT2D eigenvalue weighted by Crippen LogP contribution is 2.30. The van der Waals surface area contributed by atoms with E-state index >= 15 is 0 Å². The van der Waals surface area contributed by atoms with Crippen LogP contribution in [0.15, 0.2) is 30.5 Å². The maximum absolute atomic E-state index is 10.4. The van der Waals surface area contributed by atoms with Crippen molar-refractivity contribution in [2.24, 2.45) is 0 Å². The zero-order chi connectivity index (χ0) is 14.8. The van der Waals surface area contributed by atoms with E-state index in [1.54, 1.807) is 0 Å². The van der Waals surface area contributed by atoms with Gasteiger partial charge >= 0.3 is 0 Å². The van der Waals surface area contributed by atoms with Crippen LogP contribution in [0.3, 0.4) is 0 Å². The van der Waals surface area contributed by atoms with E-state index in [9.17, 15) is 5.11 Å². The summed E-state index contributed by atoms with van der Waals surface area (Å²) in [6.45, 7) is 0. The molecule has 1 aromatic carbocycles. The predicted molar refractivity (Wildman–Crippen MR) is 92.6 cm³/mol. The summed E-state index contributed by atoms with van der Waals surface area (Å²) in [5.74, 6) is 0. The minimum Gasteiger partial charge on any atom is -0.388 e. The highest BCUT2D eigenvalue weighted by molar-refractivity contribution is 14.1. The van der Waals surface area contributed by atoms with Gasteiger partial charge in [-0.05, 0) is 65.3 Å². The second-order valence-corrected chi connectivity index (χ2v) is 7.21. The Labute approximate surface area is 143 Å². The van der Waals surface area contributed by atoms with Crippen LogP contribution in [0.25, 0.3) is 0 Å². The Kier molecular flexibility index (Phi) is 4.86. The second kappa shape index (κ2) is 6.67. The lowest BCUT2D eigenvalue weighted by Gasteiger charge is -2.13. The number of rotatable bonds is 4. The number of hydrogen-bond acceptors (Lipinski definition) is 2. The van der Waals surface area contributed by atoms with Crippen molar-refractivity contribution < 1.29 is 5.11 Å². The van der Waals surface area contributed by atoms with Crippen LogP contribution in [0.1, 0.15) is 49.1 Å². The molecular weight excluding hydrogens is 399 g/mol. The molecule has 1 fully saturated rings. The van der Waals surface area contributed by atoms with Gasteiger partial charge in [-0.15, -0.1) is 0 Å². The molecule has 3 nitrogen and oxygen atoms in total. The normalized spacial score (nSPS) is 17.3. The van der Waals surface area contributed by atoms with Crippen molar-refractivity contribution in [3.8, 4) is 0 Å². The van der Waals surface area contributed by atoms with Crippen LogP contribution < -0.4 is 0 Å². The van der Waals surface area contributed by atoms with Crippen molar-refractivity contribution in [3.05, 3.63) is 50.3 Å². The number of aliphatic hydroxyl groups is 1. The van der Waals surface area contributed by atoms with Gasteiger partial charge in [-0.3, -0.25) is 4.68 Å². The molecule has 1 aliphatic rings. The molecule has 1 atom stereocenters. The molecule has 0 radical (unpaired) electrons. The molecule has 0 amide bonds. The molecule has 0 bridgehead atoms. The molecule has 5 heteroatoms. The Morgan fingerprint density at radius 2 is 2.10 bits per heavy atom. The van der Waals surface area contributed by atoms with Crippen LogP contribution in [-0.2, 0) is 6.42 Å². The van der Waals surface area contributed by atoms with Gasteiger partial charge in [-0.25, -0.2) is 0 Å². The number of benzene rings is 1. The Morgan fingerprint density at radius 3 is 2.86 bits per heavy atom. The molecular formula is C16H18ClIN2O. The summed E-state index contributed by atoms with van der Waals surface area (Å²) in [6, 6.07) is 8.16. The summed E-state index contributed by atoms with van der Waals surface area (Å²) in [4.78, 5) is 0. The lowest BCUT2D eigenvalue weighted by atomic mass is 10.1. The topological polar surface area (TPSA) is 38.0 Å². The van der Waals surface area contributed by atoms with Crippen LogP contribution in [0, 0.1) is 3.57 Å². The van der Waals surface area contributed by atoms with Crippen molar-refractivity contribution >= 4 is 34.2 Å². The van der Waals surface area contributed by atoms with Crippen molar-refractivity contribution in [1.29, 1.82) is 0 Å². The Bertz CT molecular complexity index is 622. The summed E-state index contributed by atoms with van der Waals surface area (Å²) >= 11 is 8.25. The number of nitrogens with zero attached hydrogens (tertiary/aromatic N) is 2. The molecule has 1 N–H and O–H groups in total. The predicted octanol–water partition coefficient (Wildman–Crippen LogP) is 4.53. The van der Waals surface area contributed by atoms with Crippen LogP contribution in [0.4, 0.5) is 0 Å². The van der Waals surface area contributed by atoms with E-state index in [1.165, 1.54) is 25.7 Å². The van der Waals surface area contributed by atoms with Crippen LogP contribution >= 0.6 is 34.2 Å². The second-order valence-electron chi connectivity index (χ2n) is 5.61. The fourth-order valence-corrected chi connectivity index (χ4v) is 3.81. The summed E-state index contributed by atoms with van der Waals surface area (Å²) in [5.41, 5.74) is 1.81. The van der Waals surface area contributed by atoms with E-state index in [2.05, 4.69) is 32.4 Å². The molecule has 0 saturated heterocycles. The van der Waals surface area contributed by atoms with Gasteiger partial charge in [-0.2, -0.15) is 5.10 Å². The first kappa shape index (κ1) is 15.3. The first-order valence-electron chi connectivity index (χ1n) is 7.30. The fourth-order valence-electron chi connectivity index (χ4n) is 2.94. The van der Waals surface area contributed by atoms with Gasteiger partial charge in [0.25, 0.3) is 0 Å². The Morgan fingerprint density at radius 1 is 1.33 bits per heavy atom. The summed E-state index contributed by atoms with van der Waals surface area (Å²) < 4.78 is 3.09. The third kappa shape index (κ3) is 3.60. The highest BCUT2D eigenvalue weighted by atomic mass is 127. The molecule has 1 unspecified atom stereocenters. The number of halogens is 2. The third-order valence-corrected chi connectivity index (χ3v) is 5.30. The van der Waals surface area contributed by atoms with E-state index in [0.29, 0.717) is 17.5 Å². The lowest BCUT2D eigenvalue weighted by Crippen LogP contribution is -2.08. The first-order valence-corrected chi connectivity index (χ1v) is 8.76. The number of aliphatic hydroxyl groups excluding tert-OH is 1. The van der Waals surface area contributed by atoms with Gasteiger partial charge < -0.3 is 5.11 Å². The molecule has 1 saturated carbocycles. The molecule has 0 aliphatic heterocycles. The van der Waals surface area contributed by atoms with E-state index < -0.39 is 6.10 Å². The van der Waals surface area contributed by atoms with Gasteiger partial charge in [0, 0.05) is 21.2 Å². The standard InChI is InChI=1S/C16H18ClIN2O/c17-11-5-6-15(18)14(9-11)16(21)10-12-7-8-20(19-12)13-3-1-2-4-13/h5-9,13,16,21H,1-4,10H2. The molecule has 21 heavy (non-hydrogen) atoms. The van der Waals surface area contributed by atoms with E-state index in [4.69, 9.17) is 11.6 Å². The van der Waals surface area contributed by atoms with E-state index in [-0.39, 0.29) is 0 Å². The Hall–Kier alpha value is -0.590. The van der Waals surface area contributed by atoms with Gasteiger partial charge in [0.2, 0.25) is 0 Å². The quantitative estimate of drug-likeness (QED) is 0.744. The van der Waals surface area contributed by atoms with Crippen molar-refractivity contribution in [3.63, 3.8) is 0 Å². The number of aromatic nitrogens is 2. The largest absolute Gasteiger partial charge is 0.388 e. The van der Waals surface area contributed by atoms with Crippen LogP contribution in [-0.4, -0.2) is 14.9 Å². The van der Waals surface area contributed by atoms with Crippen molar-refractivity contribution in [2.45, 2.75) is 44.2 Å². The van der Waals surface area contributed by atoms with Crippen LogP contribution in [0.2, 0.25) is 5.02 Å². The highest BCUT2D eigenvalue weighted by Gasteiger charge is 2.19. The van der Waals surface area contributed by atoms with E-state index in [1.807, 2.05) is 30.5 Å². The molecule has 3 rings (SSSR count). The van der Waals surface area contributed by atoms with Gasteiger partial charge in [-0.1, -0.05) is 24.4 Å². The first-order chi connectivity index (χ1) is 10.1. The van der Waals surface area contributed by atoms with Gasteiger partial charge in [0.15, 0.2) is 0 Å². The van der Waals surface area contributed by atoms with Crippen molar-refractivity contribution in [1.82, 2.24) is 9.78 Å². The zero-order valence-electron chi connectivity index (χ0n) is 11.7. The SMILES string of the molecule is OC(Cc1ccn(C2CCCC2)n1)c1cc(Cl)ccc1I. The minimum atomic E-state index is -0.567. The van der Waals surface area contributed by atoms with Gasteiger partial charge in [0.1, 0.15) is 0 Å². The number of hydrogen-bond donors (Lipinski definition) is 1. The molecule has 1 aromatic heterocycles. The minimum absolute atomic E-state index is 0.524. The summed E-state index contributed by atoms with van der Waals surface area (Å²) in [6.07, 6.45) is 7.03. The summed E-state index contributed by atoms with van der Waals surface area (Å²) in [7, 11) is 0. The average Bonchev–Trinajstić information content (AvgIpc) is 3.11. The van der Waals surface area contributed by atoms with Crippen molar-refractivity contribution in [2.75, 3.05) is 0 Å². The molecule has 1 aliphatic carbocycles. The zero-order valence-corrected chi connectivity index (χ0v) is 14.6.